The first-order chi connectivity index (χ1) is 13.5. The minimum atomic E-state index is -0.788. The van der Waals surface area contributed by atoms with E-state index in [0.717, 1.165) is 11.1 Å². The van der Waals surface area contributed by atoms with E-state index in [-0.39, 0.29) is 11.4 Å². The molecule has 0 fully saturated rings. The molecule has 0 radical (unpaired) electrons. The Balaban J connectivity index is 1.92. The van der Waals surface area contributed by atoms with Crippen molar-refractivity contribution in [3.05, 3.63) is 93.1 Å². The Bertz CT molecular complexity index is 1090. The number of aromatic nitrogens is 1. The monoisotopic (exact) mass is 390 g/mol. The molecule has 3 aromatic rings. The van der Waals surface area contributed by atoms with Gasteiger partial charge in [0.25, 0.3) is 5.91 Å². The van der Waals surface area contributed by atoms with E-state index in [9.17, 15) is 14.7 Å². The largest absolute Gasteiger partial charge is 0.503 e. The molecule has 3 heterocycles. The van der Waals surface area contributed by atoms with Crippen LogP contribution >= 0.6 is 11.3 Å². The van der Waals surface area contributed by atoms with Gasteiger partial charge in [0.1, 0.15) is 6.04 Å². The number of thiophene rings is 1. The van der Waals surface area contributed by atoms with Crippen molar-refractivity contribution in [1.29, 1.82) is 0 Å². The first-order valence-electron chi connectivity index (χ1n) is 8.82. The number of aliphatic hydroxyl groups excluding tert-OH is 1. The predicted octanol–water partition coefficient (Wildman–Crippen LogP) is 4.54. The zero-order valence-corrected chi connectivity index (χ0v) is 16.2. The second-order valence-corrected chi connectivity index (χ2v) is 7.57. The highest BCUT2D eigenvalue weighted by molar-refractivity contribution is 7.12. The molecular weight excluding hydrogens is 372 g/mol. The number of hydrogen-bond donors (Lipinski definition) is 1. The van der Waals surface area contributed by atoms with Crippen molar-refractivity contribution < 1.29 is 14.7 Å². The molecule has 1 aromatic carbocycles. The van der Waals surface area contributed by atoms with Gasteiger partial charge in [0, 0.05) is 11.9 Å². The van der Waals surface area contributed by atoms with Crippen molar-refractivity contribution >= 4 is 28.7 Å². The van der Waals surface area contributed by atoms with Gasteiger partial charge in [0.15, 0.2) is 5.76 Å². The smallest absolute Gasteiger partial charge is 0.294 e. The summed E-state index contributed by atoms with van der Waals surface area (Å²) in [5.41, 5.74) is 3.17. The van der Waals surface area contributed by atoms with Crippen LogP contribution in [0.2, 0.25) is 0 Å². The number of amides is 1. The van der Waals surface area contributed by atoms with E-state index in [0.29, 0.717) is 16.3 Å². The highest BCUT2D eigenvalue weighted by Gasteiger charge is 2.45. The molecule has 1 N–H and O–H groups in total. The minimum Gasteiger partial charge on any atom is -0.503 e. The summed E-state index contributed by atoms with van der Waals surface area (Å²) in [6, 6.07) is 13.6. The molecule has 1 aliphatic rings. The van der Waals surface area contributed by atoms with Gasteiger partial charge in [-0.15, -0.1) is 11.3 Å². The summed E-state index contributed by atoms with van der Waals surface area (Å²) in [6.45, 7) is 3.88. The van der Waals surface area contributed by atoms with E-state index in [1.165, 1.54) is 16.2 Å². The Morgan fingerprint density at radius 1 is 1.11 bits per heavy atom. The van der Waals surface area contributed by atoms with E-state index in [1.54, 1.807) is 41.9 Å². The number of rotatable bonds is 4. The van der Waals surface area contributed by atoms with Crippen molar-refractivity contribution in [2.75, 3.05) is 4.90 Å². The first-order valence-corrected chi connectivity index (χ1v) is 9.70. The molecule has 1 amide bonds. The molecule has 1 aliphatic heterocycles. The molecule has 0 aliphatic carbocycles. The van der Waals surface area contributed by atoms with E-state index < -0.39 is 17.7 Å². The molecule has 5 nitrogen and oxygen atoms in total. The number of benzene rings is 1. The number of carbonyl (C=O) groups is 2. The average Bonchev–Trinajstić information content (AvgIpc) is 3.32. The van der Waals surface area contributed by atoms with Crippen LogP contribution in [-0.2, 0) is 4.79 Å². The molecule has 0 saturated heterocycles. The van der Waals surface area contributed by atoms with Crippen molar-refractivity contribution in [2.24, 2.45) is 0 Å². The van der Waals surface area contributed by atoms with Crippen LogP contribution in [-0.4, -0.2) is 21.8 Å². The van der Waals surface area contributed by atoms with Crippen LogP contribution in [0.5, 0.6) is 0 Å². The summed E-state index contributed by atoms with van der Waals surface area (Å²) < 4.78 is 0. The number of pyridine rings is 1. The lowest BCUT2D eigenvalue weighted by atomic mass is 9.98. The molecular formula is C22H18N2O3S. The molecule has 0 spiro atoms. The van der Waals surface area contributed by atoms with Gasteiger partial charge in [-0.3, -0.25) is 19.5 Å². The summed E-state index contributed by atoms with van der Waals surface area (Å²) in [5, 5.41) is 12.5. The topological polar surface area (TPSA) is 70.5 Å². The average molecular weight is 390 g/mol. The van der Waals surface area contributed by atoms with Gasteiger partial charge in [-0.25, -0.2) is 0 Å². The predicted molar refractivity (Wildman–Crippen MR) is 109 cm³/mol. The van der Waals surface area contributed by atoms with Crippen LogP contribution in [0.15, 0.2) is 71.4 Å². The molecule has 140 valence electrons. The van der Waals surface area contributed by atoms with Gasteiger partial charge in [-0.2, -0.15) is 0 Å². The number of aryl methyl sites for hydroxylation is 1. The second kappa shape index (κ2) is 7.05. The lowest BCUT2D eigenvalue weighted by molar-refractivity contribution is -0.117. The maximum absolute atomic E-state index is 13.2. The Morgan fingerprint density at radius 3 is 2.61 bits per heavy atom. The summed E-state index contributed by atoms with van der Waals surface area (Å²) in [5.74, 6) is -1.47. The molecule has 1 atom stereocenters. The number of anilines is 1. The van der Waals surface area contributed by atoms with Crippen LogP contribution in [0, 0.1) is 13.8 Å². The number of aliphatic hydroxyl groups is 1. The van der Waals surface area contributed by atoms with Crippen LogP contribution < -0.4 is 4.90 Å². The summed E-state index contributed by atoms with van der Waals surface area (Å²) in [4.78, 5) is 32.6. The molecule has 0 bridgehead atoms. The fourth-order valence-electron chi connectivity index (χ4n) is 3.44. The minimum absolute atomic E-state index is 0.0621. The van der Waals surface area contributed by atoms with Crippen molar-refractivity contribution in [2.45, 2.75) is 19.9 Å². The Labute approximate surface area is 166 Å². The maximum Gasteiger partial charge on any atom is 0.294 e. The van der Waals surface area contributed by atoms with E-state index >= 15 is 0 Å². The SMILES string of the molecule is Cc1cccc(N2C(=O)C(O)=C(C(=O)c3cccs3)C2c2ccccn2)c1C. The molecule has 0 saturated carbocycles. The number of hydrogen-bond acceptors (Lipinski definition) is 5. The fourth-order valence-corrected chi connectivity index (χ4v) is 4.12. The Kier molecular flexibility index (Phi) is 4.57. The number of ketones is 1. The number of nitrogens with zero attached hydrogens (tertiary/aromatic N) is 2. The van der Waals surface area contributed by atoms with Crippen LogP contribution in [0.3, 0.4) is 0 Å². The zero-order valence-electron chi connectivity index (χ0n) is 15.4. The van der Waals surface area contributed by atoms with Crippen molar-refractivity contribution in [3.8, 4) is 0 Å². The van der Waals surface area contributed by atoms with Gasteiger partial charge in [-0.1, -0.05) is 24.3 Å². The summed E-state index contributed by atoms with van der Waals surface area (Å²) >= 11 is 1.28. The van der Waals surface area contributed by atoms with Crippen molar-refractivity contribution in [1.82, 2.24) is 4.98 Å². The van der Waals surface area contributed by atoms with Crippen LogP contribution in [0.4, 0.5) is 5.69 Å². The summed E-state index contributed by atoms with van der Waals surface area (Å²) in [7, 11) is 0. The fraction of sp³-hybridized carbons (Fsp3) is 0.136. The first kappa shape index (κ1) is 18.1. The quantitative estimate of drug-likeness (QED) is 0.664. The Hall–Kier alpha value is -3.25. The Morgan fingerprint density at radius 2 is 1.93 bits per heavy atom. The van der Waals surface area contributed by atoms with Crippen molar-refractivity contribution in [3.63, 3.8) is 0 Å². The second-order valence-electron chi connectivity index (χ2n) is 6.62. The number of Topliss-reactive ketones (excluding diaryl/α,β-unsaturated/α-hetero) is 1. The normalized spacial score (nSPS) is 16.7. The van der Waals surface area contributed by atoms with Gasteiger partial charge < -0.3 is 5.11 Å². The van der Waals surface area contributed by atoms with Gasteiger partial charge in [0.2, 0.25) is 5.78 Å². The maximum atomic E-state index is 13.2. The van der Waals surface area contributed by atoms with Gasteiger partial charge >= 0.3 is 0 Å². The van der Waals surface area contributed by atoms with Gasteiger partial charge in [-0.05, 0) is 54.6 Å². The summed E-state index contributed by atoms with van der Waals surface area (Å²) in [6.07, 6.45) is 1.61. The van der Waals surface area contributed by atoms with E-state index in [2.05, 4.69) is 4.98 Å². The molecule has 1 unspecified atom stereocenters. The third-order valence-electron chi connectivity index (χ3n) is 5.00. The number of carbonyl (C=O) groups excluding carboxylic acids is 2. The highest BCUT2D eigenvalue weighted by Crippen LogP contribution is 2.42. The third kappa shape index (κ3) is 2.82. The lowest BCUT2D eigenvalue weighted by Gasteiger charge is -2.28. The van der Waals surface area contributed by atoms with Crippen LogP contribution in [0.25, 0.3) is 0 Å². The van der Waals surface area contributed by atoms with Gasteiger partial charge in [0.05, 0.1) is 16.1 Å². The standard InChI is InChI=1S/C22H18N2O3S/c1-13-7-5-9-16(14(13)2)24-19(15-8-3-4-11-23-15)18(21(26)22(24)27)20(25)17-10-6-12-28-17/h3-12,19,26H,1-2H3. The molecule has 6 heteroatoms. The zero-order chi connectivity index (χ0) is 19.8. The van der Waals surface area contributed by atoms with E-state index in [1.807, 2.05) is 32.0 Å². The molecule has 28 heavy (non-hydrogen) atoms. The van der Waals surface area contributed by atoms with E-state index in [4.69, 9.17) is 0 Å². The molecule has 2 aromatic heterocycles. The third-order valence-corrected chi connectivity index (χ3v) is 5.87. The molecule has 4 rings (SSSR count). The highest BCUT2D eigenvalue weighted by atomic mass is 32.1. The lowest BCUT2D eigenvalue weighted by Crippen LogP contribution is -2.32. The van der Waals surface area contributed by atoms with Crippen LogP contribution in [0.1, 0.15) is 32.5 Å².